The monoisotopic (exact) mass is 346 g/mol. The highest BCUT2D eigenvalue weighted by Crippen LogP contribution is 2.27. The second-order valence-corrected chi connectivity index (χ2v) is 5.61. The predicted molar refractivity (Wildman–Crippen MR) is 94.2 cm³/mol. The van der Waals surface area contributed by atoms with Crippen LogP contribution in [-0.2, 0) is 0 Å². The SMILES string of the molecule is Cc1noc(-c2ccccc2)c1C(=O)Nc1ccc(-c2nn[nH]n2)cc1. The van der Waals surface area contributed by atoms with Gasteiger partial charge in [0.25, 0.3) is 5.91 Å². The second-order valence-electron chi connectivity index (χ2n) is 5.61. The third kappa shape index (κ3) is 2.95. The molecular weight excluding hydrogens is 332 g/mol. The van der Waals surface area contributed by atoms with Crippen LogP contribution in [0.1, 0.15) is 16.1 Å². The van der Waals surface area contributed by atoms with Gasteiger partial charge in [-0.15, -0.1) is 10.2 Å². The van der Waals surface area contributed by atoms with Gasteiger partial charge >= 0.3 is 0 Å². The van der Waals surface area contributed by atoms with Gasteiger partial charge in [-0.1, -0.05) is 35.5 Å². The van der Waals surface area contributed by atoms with Crippen LogP contribution in [-0.4, -0.2) is 31.7 Å². The van der Waals surface area contributed by atoms with Crippen LogP contribution in [0.25, 0.3) is 22.7 Å². The average molecular weight is 346 g/mol. The van der Waals surface area contributed by atoms with Crippen molar-refractivity contribution in [3.8, 4) is 22.7 Å². The summed E-state index contributed by atoms with van der Waals surface area (Å²) in [5.74, 6) is 0.656. The maximum absolute atomic E-state index is 12.8. The fraction of sp³-hybridized carbons (Fsp3) is 0.0556. The first-order valence-corrected chi connectivity index (χ1v) is 7.89. The molecule has 8 nitrogen and oxygen atoms in total. The highest BCUT2D eigenvalue weighted by Gasteiger charge is 2.21. The Hall–Kier alpha value is -3.81. The van der Waals surface area contributed by atoms with Crippen LogP contribution in [0.3, 0.4) is 0 Å². The summed E-state index contributed by atoms with van der Waals surface area (Å²) in [5.41, 5.74) is 3.18. The van der Waals surface area contributed by atoms with E-state index in [4.69, 9.17) is 4.52 Å². The molecule has 0 bridgehead atoms. The standard InChI is InChI=1S/C18H14N6O2/c1-11-15(16(26-22-11)12-5-3-2-4-6-12)18(25)19-14-9-7-13(8-10-14)17-20-23-24-21-17/h2-10H,1H3,(H,19,25)(H,20,21,23,24). The van der Waals surface area contributed by atoms with E-state index in [0.29, 0.717) is 28.5 Å². The van der Waals surface area contributed by atoms with E-state index in [-0.39, 0.29) is 5.91 Å². The zero-order chi connectivity index (χ0) is 17.9. The fourth-order valence-corrected chi connectivity index (χ4v) is 2.60. The van der Waals surface area contributed by atoms with E-state index >= 15 is 0 Å². The molecule has 26 heavy (non-hydrogen) atoms. The minimum Gasteiger partial charge on any atom is -0.355 e. The quantitative estimate of drug-likeness (QED) is 0.587. The number of anilines is 1. The fourth-order valence-electron chi connectivity index (χ4n) is 2.60. The molecule has 0 aliphatic rings. The summed E-state index contributed by atoms with van der Waals surface area (Å²) in [6.07, 6.45) is 0. The first kappa shape index (κ1) is 15.7. The van der Waals surface area contributed by atoms with Crippen LogP contribution < -0.4 is 5.32 Å². The Labute approximate surface area is 148 Å². The maximum Gasteiger partial charge on any atom is 0.261 e. The number of H-pyrrole nitrogens is 1. The molecule has 2 aromatic carbocycles. The van der Waals surface area contributed by atoms with E-state index in [1.54, 1.807) is 31.2 Å². The molecule has 0 spiro atoms. The van der Waals surface area contributed by atoms with Gasteiger partial charge in [0.05, 0.1) is 5.69 Å². The Morgan fingerprint density at radius 3 is 2.50 bits per heavy atom. The number of hydrogen-bond acceptors (Lipinski definition) is 6. The van der Waals surface area contributed by atoms with Crippen LogP contribution in [0.15, 0.2) is 59.1 Å². The lowest BCUT2D eigenvalue weighted by Gasteiger charge is -2.06. The Bertz CT molecular complexity index is 1020. The Morgan fingerprint density at radius 1 is 1.04 bits per heavy atom. The van der Waals surface area contributed by atoms with Crippen LogP contribution in [0.2, 0.25) is 0 Å². The number of nitrogens with zero attached hydrogens (tertiary/aromatic N) is 4. The van der Waals surface area contributed by atoms with Crippen molar-refractivity contribution in [3.63, 3.8) is 0 Å². The lowest BCUT2D eigenvalue weighted by Crippen LogP contribution is -2.13. The molecule has 2 heterocycles. The summed E-state index contributed by atoms with van der Waals surface area (Å²) in [4.78, 5) is 12.8. The lowest BCUT2D eigenvalue weighted by molar-refractivity contribution is 0.102. The van der Waals surface area contributed by atoms with Crippen molar-refractivity contribution in [2.75, 3.05) is 5.32 Å². The highest BCUT2D eigenvalue weighted by atomic mass is 16.5. The molecule has 0 aliphatic heterocycles. The Balaban J connectivity index is 1.58. The average Bonchev–Trinajstić information content (AvgIpc) is 3.33. The number of aromatic amines is 1. The number of rotatable bonds is 4. The summed E-state index contributed by atoms with van der Waals surface area (Å²) in [7, 11) is 0. The van der Waals surface area contributed by atoms with E-state index in [2.05, 4.69) is 31.1 Å². The molecule has 4 rings (SSSR count). The largest absolute Gasteiger partial charge is 0.355 e. The van der Waals surface area contributed by atoms with E-state index in [1.165, 1.54) is 0 Å². The van der Waals surface area contributed by atoms with Crippen molar-refractivity contribution >= 4 is 11.6 Å². The van der Waals surface area contributed by atoms with Gasteiger partial charge in [-0.2, -0.15) is 5.21 Å². The van der Waals surface area contributed by atoms with E-state index in [0.717, 1.165) is 11.1 Å². The lowest BCUT2D eigenvalue weighted by atomic mass is 10.1. The van der Waals surface area contributed by atoms with Crippen LogP contribution in [0.5, 0.6) is 0 Å². The summed E-state index contributed by atoms with van der Waals surface area (Å²) in [6, 6.07) is 16.6. The van der Waals surface area contributed by atoms with Crippen LogP contribution in [0.4, 0.5) is 5.69 Å². The van der Waals surface area contributed by atoms with Gasteiger partial charge in [0.1, 0.15) is 5.56 Å². The van der Waals surface area contributed by atoms with Gasteiger partial charge in [0.15, 0.2) is 5.76 Å². The smallest absolute Gasteiger partial charge is 0.261 e. The number of carbonyl (C=O) groups excluding carboxylic acids is 1. The molecule has 0 aliphatic carbocycles. The molecule has 4 aromatic rings. The Morgan fingerprint density at radius 2 is 1.81 bits per heavy atom. The zero-order valence-corrected chi connectivity index (χ0v) is 13.8. The van der Waals surface area contributed by atoms with Gasteiger partial charge in [-0.05, 0) is 36.4 Å². The van der Waals surface area contributed by atoms with Gasteiger partial charge in [-0.25, -0.2) is 0 Å². The molecule has 2 aromatic heterocycles. The highest BCUT2D eigenvalue weighted by molar-refractivity contribution is 6.08. The minimum atomic E-state index is -0.282. The first-order chi connectivity index (χ1) is 12.7. The number of hydrogen-bond donors (Lipinski definition) is 2. The third-order valence-electron chi connectivity index (χ3n) is 3.87. The van der Waals surface area contributed by atoms with Crippen molar-refractivity contribution in [1.82, 2.24) is 25.8 Å². The predicted octanol–water partition coefficient (Wildman–Crippen LogP) is 3.08. The number of nitrogens with one attached hydrogen (secondary N) is 2. The molecule has 0 saturated carbocycles. The normalized spacial score (nSPS) is 10.7. The molecule has 0 saturated heterocycles. The van der Waals surface area contributed by atoms with Gasteiger partial charge < -0.3 is 9.84 Å². The molecule has 0 radical (unpaired) electrons. The molecular formula is C18H14N6O2. The van der Waals surface area contributed by atoms with Crippen molar-refractivity contribution in [1.29, 1.82) is 0 Å². The van der Waals surface area contributed by atoms with Gasteiger partial charge in [-0.3, -0.25) is 4.79 Å². The number of amides is 1. The molecule has 128 valence electrons. The van der Waals surface area contributed by atoms with Gasteiger partial charge in [0, 0.05) is 16.8 Å². The third-order valence-corrected chi connectivity index (χ3v) is 3.87. The molecule has 1 amide bonds. The molecule has 0 fully saturated rings. The Kier molecular flexibility index (Phi) is 3.98. The summed E-state index contributed by atoms with van der Waals surface area (Å²) < 4.78 is 5.37. The van der Waals surface area contributed by atoms with Crippen LogP contribution in [0, 0.1) is 6.92 Å². The molecule has 0 unspecified atom stereocenters. The summed E-state index contributed by atoms with van der Waals surface area (Å²) in [5, 5.41) is 20.6. The summed E-state index contributed by atoms with van der Waals surface area (Å²) >= 11 is 0. The van der Waals surface area contributed by atoms with Crippen LogP contribution >= 0.6 is 0 Å². The van der Waals surface area contributed by atoms with Crippen molar-refractivity contribution < 1.29 is 9.32 Å². The van der Waals surface area contributed by atoms with Crippen molar-refractivity contribution in [2.45, 2.75) is 6.92 Å². The number of carbonyl (C=O) groups is 1. The summed E-state index contributed by atoms with van der Waals surface area (Å²) in [6.45, 7) is 1.74. The van der Waals surface area contributed by atoms with E-state index in [9.17, 15) is 4.79 Å². The number of benzene rings is 2. The molecule has 0 atom stereocenters. The molecule has 2 N–H and O–H groups in total. The van der Waals surface area contributed by atoms with E-state index in [1.807, 2.05) is 30.3 Å². The number of aromatic nitrogens is 5. The molecule has 8 heteroatoms. The minimum absolute atomic E-state index is 0.282. The number of aryl methyl sites for hydroxylation is 1. The van der Waals surface area contributed by atoms with Gasteiger partial charge in [0.2, 0.25) is 5.82 Å². The maximum atomic E-state index is 12.8. The second kappa shape index (κ2) is 6.60. The van der Waals surface area contributed by atoms with E-state index < -0.39 is 0 Å². The van der Waals surface area contributed by atoms with Crippen molar-refractivity contribution in [3.05, 3.63) is 65.9 Å². The topological polar surface area (TPSA) is 110 Å². The van der Waals surface area contributed by atoms with Crippen molar-refractivity contribution in [2.24, 2.45) is 0 Å². The number of tetrazole rings is 1. The zero-order valence-electron chi connectivity index (χ0n) is 13.8. The first-order valence-electron chi connectivity index (χ1n) is 7.89.